The zero-order chi connectivity index (χ0) is 14.4. The van der Waals surface area contributed by atoms with Crippen molar-refractivity contribution in [3.05, 3.63) is 47.0 Å². The third-order valence-electron chi connectivity index (χ3n) is 2.55. The molecule has 0 bridgehead atoms. The van der Waals surface area contributed by atoms with Gasteiger partial charge in [-0.3, -0.25) is 4.79 Å². The number of halogens is 2. The van der Waals surface area contributed by atoms with Gasteiger partial charge >= 0.3 is 0 Å². The van der Waals surface area contributed by atoms with Crippen molar-refractivity contribution in [1.82, 2.24) is 5.32 Å². The number of carbonyl (C=O) groups is 1. The summed E-state index contributed by atoms with van der Waals surface area (Å²) in [7, 11) is 0. The first-order valence-electron chi connectivity index (χ1n) is 5.81. The number of hydrogen-bond acceptors (Lipinski definition) is 2. The molecule has 0 saturated carbocycles. The van der Waals surface area contributed by atoms with Gasteiger partial charge in [0.15, 0.2) is 0 Å². The summed E-state index contributed by atoms with van der Waals surface area (Å²) in [6.07, 6.45) is 2.38. The van der Waals surface area contributed by atoms with Crippen molar-refractivity contribution >= 4 is 5.91 Å². The molecular formula is C14H14F2N2O. The Morgan fingerprint density at radius 2 is 2.21 bits per heavy atom. The van der Waals surface area contributed by atoms with E-state index >= 15 is 0 Å². The third-order valence-corrected chi connectivity index (χ3v) is 2.55. The fourth-order valence-electron chi connectivity index (χ4n) is 1.56. The molecule has 3 nitrogen and oxygen atoms in total. The molecule has 100 valence electrons. The van der Waals surface area contributed by atoms with E-state index in [4.69, 9.17) is 5.26 Å². The molecule has 5 heteroatoms. The van der Waals surface area contributed by atoms with Crippen LogP contribution in [0.1, 0.15) is 31.9 Å². The first kappa shape index (κ1) is 14.8. The van der Waals surface area contributed by atoms with Crippen molar-refractivity contribution in [1.29, 1.82) is 5.26 Å². The number of nitriles is 1. The summed E-state index contributed by atoms with van der Waals surface area (Å²) < 4.78 is 26.3. The highest BCUT2D eigenvalue weighted by Crippen LogP contribution is 2.18. The molecule has 0 aliphatic carbocycles. The third kappa shape index (κ3) is 3.88. The standard InChI is InChI=1S/C14H14F2N2O/c1-3-4-9(2)14(19)18-13(8-17)11-6-5-10(15)7-12(11)16/h4-7,13H,3H2,1-2H3,(H,18,19). The maximum Gasteiger partial charge on any atom is 0.247 e. The molecule has 1 aromatic rings. The number of nitrogens with zero attached hydrogens (tertiary/aromatic N) is 1. The van der Waals surface area contributed by atoms with E-state index in [1.54, 1.807) is 19.1 Å². The number of nitrogens with one attached hydrogen (secondary N) is 1. The fourth-order valence-corrected chi connectivity index (χ4v) is 1.56. The lowest BCUT2D eigenvalue weighted by Crippen LogP contribution is -2.28. The van der Waals surface area contributed by atoms with Crippen molar-refractivity contribution in [2.45, 2.75) is 26.3 Å². The maximum absolute atomic E-state index is 13.5. The summed E-state index contributed by atoms with van der Waals surface area (Å²) in [6.45, 7) is 3.48. The van der Waals surface area contributed by atoms with Crippen molar-refractivity contribution in [3.63, 3.8) is 0 Å². The fraction of sp³-hybridized carbons (Fsp3) is 0.286. The van der Waals surface area contributed by atoms with Gasteiger partial charge < -0.3 is 5.32 Å². The van der Waals surface area contributed by atoms with E-state index in [0.717, 1.165) is 12.1 Å². The van der Waals surface area contributed by atoms with E-state index in [9.17, 15) is 13.6 Å². The summed E-state index contributed by atoms with van der Waals surface area (Å²) in [5.41, 5.74) is 0.395. The molecule has 1 unspecified atom stereocenters. The van der Waals surface area contributed by atoms with Crippen LogP contribution >= 0.6 is 0 Å². The Bertz CT molecular complexity index is 547. The summed E-state index contributed by atoms with van der Waals surface area (Å²) in [4.78, 5) is 11.7. The predicted molar refractivity (Wildman–Crippen MR) is 66.9 cm³/mol. The van der Waals surface area contributed by atoms with Gasteiger partial charge in [-0.2, -0.15) is 5.26 Å². The quantitative estimate of drug-likeness (QED) is 0.850. The average Bonchev–Trinajstić information content (AvgIpc) is 2.36. The smallest absolute Gasteiger partial charge is 0.247 e. The topological polar surface area (TPSA) is 52.9 Å². The molecule has 0 radical (unpaired) electrons. The highest BCUT2D eigenvalue weighted by Gasteiger charge is 2.18. The molecule has 1 rings (SSSR count). The van der Waals surface area contributed by atoms with Crippen LogP contribution in [-0.4, -0.2) is 5.91 Å². The molecule has 0 spiro atoms. The highest BCUT2D eigenvalue weighted by atomic mass is 19.1. The van der Waals surface area contributed by atoms with E-state index < -0.39 is 23.6 Å². The van der Waals surface area contributed by atoms with Crippen LogP contribution in [0.25, 0.3) is 0 Å². The van der Waals surface area contributed by atoms with E-state index in [2.05, 4.69) is 5.32 Å². The number of allylic oxidation sites excluding steroid dienone is 1. The largest absolute Gasteiger partial charge is 0.333 e. The number of amides is 1. The first-order valence-corrected chi connectivity index (χ1v) is 5.81. The number of benzene rings is 1. The molecule has 0 aliphatic heterocycles. The summed E-state index contributed by atoms with van der Waals surface area (Å²) >= 11 is 0. The molecule has 0 saturated heterocycles. The van der Waals surface area contributed by atoms with Crippen LogP contribution in [-0.2, 0) is 4.79 Å². The summed E-state index contributed by atoms with van der Waals surface area (Å²) in [6, 6.07) is 3.52. The maximum atomic E-state index is 13.5. The van der Waals surface area contributed by atoms with Crippen LogP contribution in [0.4, 0.5) is 8.78 Å². The van der Waals surface area contributed by atoms with Gasteiger partial charge in [-0.25, -0.2) is 8.78 Å². The lowest BCUT2D eigenvalue weighted by atomic mass is 10.1. The molecule has 0 aliphatic rings. The molecule has 1 amide bonds. The second kappa shape index (κ2) is 6.64. The van der Waals surface area contributed by atoms with Crippen molar-refractivity contribution < 1.29 is 13.6 Å². The van der Waals surface area contributed by atoms with E-state index in [1.807, 2.05) is 6.92 Å². The lowest BCUT2D eigenvalue weighted by molar-refractivity contribution is -0.117. The Labute approximate surface area is 110 Å². The van der Waals surface area contributed by atoms with E-state index in [1.165, 1.54) is 0 Å². The Morgan fingerprint density at radius 3 is 2.74 bits per heavy atom. The van der Waals surface area contributed by atoms with Crippen LogP contribution in [0.15, 0.2) is 29.8 Å². The van der Waals surface area contributed by atoms with Gasteiger partial charge in [0.2, 0.25) is 5.91 Å². The molecule has 1 aromatic carbocycles. The van der Waals surface area contributed by atoms with Gasteiger partial charge in [0, 0.05) is 17.2 Å². The molecule has 1 N–H and O–H groups in total. The van der Waals surface area contributed by atoms with Gasteiger partial charge in [0.1, 0.15) is 17.7 Å². The molecule has 0 aromatic heterocycles. The SMILES string of the molecule is CCC=C(C)C(=O)NC(C#N)c1ccc(F)cc1F. The number of rotatable bonds is 4. The van der Waals surface area contributed by atoms with Gasteiger partial charge in [0.05, 0.1) is 6.07 Å². The molecule has 0 fully saturated rings. The van der Waals surface area contributed by atoms with E-state index in [0.29, 0.717) is 18.1 Å². The monoisotopic (exact) mass is 264 g/mol. The minimum Gasteiger partial charge on any atom is -0.333 e. The minimum atomic E-state index is -1.15. The Kier molecular flexibility index (Phi) is 5.19. The molecule has 0 heterocycles. The van der Waals surface area contributed by atoms with Gasteiger partial charge in [-0.05, 0) is 19.4 Å². The van der Waals surface area contributed by atoms with E-state index in [-0.39, 0.29) is 5.56 Å². The second-order valence-electron chi connectivity index (χ2n) is 4.00. The molecular weight excluding hydrogens is 250 g/mol. The predicted octanol–water partition coefficient (Wildman–Crippen LogP) is 3.00. The summed E-state index contributed by atoms with van der Waals surface area (Å²) in [5.74, 6) is -2.03. The van der Waals surface area contributed by atoms with Crippen molar-refractivity contribution in [3.8, 4) is 6.07 Å². The van der Waals surface area contributed by atoms with Crippen LogP contribution in [0, 0.1) is 23.0 Å². The highest BCUT2D eigenvalue weighted by molar-refractivity contribution is 5.93. The second-order valence-corrected chi connectivity index (χ2v) is 4.00. The number of carbonyl (C=O) groups excluding carboxylic acids is 1. The summed E-state index contributed by atoms with van der Waals surface area (Å²) in [5, 5.41) is 11.4. The Morgan fingerprint density at radius 1 is 1.53 bits per heavy atom. The normalized spacial score (nSPS) is 12.7. The van der Waals surface area contributed by atoms with Gasteiger partial charge in [-0.1, -0.05) is 19.1 Å². The van der Waals surface area contributed by atoms with Crippen molar-refractivity contribution in [2.75, 3.05) is 0 Å². The zero-order valence-electron chi connectivity index (χ0n) is 10.7. The van der Waals surface area contributed by atoms with Crippen LogP contribution in [0.5, 0.6) is 0 Å². The molecule has 19 heavy (non-hydrogen) atoms. The Hall–Kier alpha value is -2.22. The first-order chi connectivity index (χ1) is 8.99. The van der Waals surface area contributed by atoms with Crippen LogP contribution in [0.3, 0.4) is 0 Å². The average molecular weight is 264 g/mol. The van der Waals surface area contributed by atoms with Gasteiger partial charge in [-0.15, -0.1) is 0 Å². The minimum absolute atomic E-state index is 0.0541. The molecule has 1 atom stereocenters. The number of hydrogen-bond donors (Lipinski definition) is 1. The Balaban J connectivity index is 2.94. The van der Waals surface area contributed by atoms with Crippen LogP contribution in [0.2, 0.25) is 0 Å². The lowest BCUT2D eigenvalue weighted by Gasteiger charge is -2.13. The van der Waals surface area contributed by atoms with Gasteiger partial charge in [0.25, 0.3) is 0 Å². The van der Waals surface area contributed by atoms with Crippen molar-refractivity contribution in [2.24, 2.45) is 0 Å². The zero-order valence-corrected chi connectivity index (χ0v) is 10.7. The van der Waals surface area contributed by atoms with Crippen LogP contribution < -0.4 is 5.32 Å².